The van der Waals surface area contributed by atoms with Crippen LogP contribution < -0.4 is 11.1 Å². The minimum atomic E-state index is -0.0205. The summed E-state index contributed by atoms with van der Waals surface area (Å²) in [7, 11) is 0. The van der Waals surface area contributed by atoms with Gasteiger partial charge in [0.15, 0.2) is 0 Å². The Kier molecular flexibility index (Phi) is 4.93. The number of rotatable bonds is 5. The lowest BCUT2D eigenvalue weighted by Gasteiger charge is -2.04. The topological polar surface area (TPSA) is 68.0 Å². The summed E-state index contributed by atoms with van der Waals surface area (Å²) in [6, 6.07) is 7.59. The molecule has 2 aromatic rings. The van der Waals surface area contributed by atoms with Gasteiger partial charge in [0.2, 0.25) is 5.91 Å². The summed E-state index contributed by atoms with van der Waals surface area (Å²) in [5.41, 5.74) is 6.87. The number of carbonyl (C=O) groups is 1. The van der Waals surface area contributed by atoms with Crippen molar-refractivity contribution in [2.75, 3.05) is 12.3 Å². The molecule has 0 radical (unpaired) electrons. The van der Waals surface area contributed by atoms with Crippen LogP contribution in [0.25, 0.3) is 0 Å². The van der Waals surface area contributed by atoms with Crippen molar-refractivity contribution in [1.82, 2.24) is 10.3 Å². The van der Waals surface area contributed by atoms with Gasteiger partial charge in [-0.1, -0.05) is 0 Å². The third-order valence-electron chi connectivity index (χ3n) is 2.51. The summed E-state index contributed by atoms with van der Waals surface area (Å²) in [5, 5.41) is 2.88. The molecule has 3 N–H and O–H groups in total. The number of nitrogen functional groups attached to an aromatic ring is 1. The van der Waals surface area contributed by atoms with Crippen LogP contribution in [0.15, 0.2) is 34.2 Å². The maximum absolute atomic E-state index is 11.7. The summed E-state index contributed by atoms with van der Waals surface area (Å²) < 4.78 is 1.11. The molecule has 1 amide bonds. The zero-order valence-corrected chi connectivity index (χ0v) is 12.6. The van der Waals surface area contributed by atoms with E-state index in [9.17, 15) is 4.79 Å². The molecule has 0 fully saturated rings. The fourth-order valence-electron chi connectivity index (χ4n) is 1.58. The van der Waals surface area contributed by atoms with Gasteiger partial charge in [0.1, 0.15) is 0 Å². The fraction of sp³-hybridized carbons (Fsp3) is 0.231. The van der Waals surface area contributed by atoms with E-state index in [-0.39, 0.29) is 12.3 Å². The molecule has 100 valence electrons. The quantitative estimate of drug-likeness (QED) is 0.878. The average molecular weight is 340 g/mol. The van der Waals surface area contributed by atoms with Crippen molar-refractivity contribution in [3.8, 4) is 0 Å². The molecule has 0 atom stereocenters. The van der Waals surface area contributed by atoms with Crippen molar-refractivity contribution in [3.63, 3.8) is 0 Å². The molecule has 0 aliphatic carbocycles. The fourth-order valence-corrected chi connectivity index (χ4v) is 3.06. The van der Waals surface area contributed by atoms with Crippen molar-refractivity contribution in [1.29, 1.82) is 0 Å². The largest absolute Gasteiger partial charge is 0.397 e. The minimum Gasteiger partial charge on any atom is -0.397 e. The first-order valence-corrected chi connectivity index (χ1v) is 7.46. The third kappa shape index (κ3) is 4.65. The van der Waals surface area contributed by atoms with Crippen LogP contribution in [0.2, 0.25) is 0 Å². The molecule has 2 heterocycles. The van der Waals surface area contributed by atoms with Crippen molar-refractivity contribution >= 4 is 38.9 Å². The Balaban J connectivity index is 1.74. The second-order valence-electron chi connectivity index (χ2n) is 4.07. The second kappa shape index (κ2) is 6.68. The lowest BCUT2D eigenvalue weighted by Crippen LogP contribution is -2.27. The van der Waals surface area contributed by atoms with Crippen LogP contribution in [0.1, 0.15) is 10.6 Å². The van der Waals surface area contributed by atoms with E-state index >= 15 is 0 Å². The summed E-state index contributed by atoms with van der Waals surface area (Å²) in [6.45, 7) is 0.640. The van der Waals surface area contributed by atoms with Crippen molar-refractivity contribution in [3.05, 3.63) is 44.8 Å². The number of pyridine rings is 1. The lowest BCUT2D eigenvalue weighted by atomic mass is 10.2. The van der Waals surface area contributed by atoms with E-state index in [2.05, 4.69) is 32.3 Å². The van der Waals surface area contributed by atoms with Crippen molar-refractivity contribution in [2.45, 2.75) is 12.8 Å². The molecule has 2 aromatic heterocycles. The van der Waals surface area contributed by atoms with Gasteiger partial charge in [-0.2, -0.15) is 0 Å². The number of amides is 1. The van der Waals surface area contributed by atoms with Crippen LogP contribution in [0.4, 0.5) is 5.69 Å². The maximum Gasteiger partial charge on any atom is 0.226 e. The van der Waals surface area contributed by atoms with Gasteiger partial charge < -0.3 is 11.1 Å². The van der Waals surface area contributed by atoms with E-state index in [0.29, 0.717) is 12.2 Å². The van der Waals surface area contributed by atoms with Crippen LogP contribution in [-0.2, 0) is 17.6 Å². The number of aromatic nitrogens is 1. The highest BCUT2D eigenvalue weighted by Gasteiger charge is 2.04. The number of halogens is 1. The molecule has 0 spiro atoms. The first-order valence-electron chi connectivity index (χ1n) is 5.85. The molecule has 0 unspecified atom stereocenters. The average Bonchev–Trinajstić information content (AvgIpc) is 2.78. The van der Waals surface area contributed by atoms with Gasteiger partial charge in [0, 0.05) is 17.1 Å². The molecule has 19 heavy (non-hydrogen) atoms. The molecule has 0 saturated carbocycles. The standard InChI is InChI=1S/C13H14BrN3OS/c14-12-4-3-11(19-12)5-6-16-13(18)7-10-2-1-9(15)8-17-10/h1-4,8H,5-7,15H2,(H,16,18). The molecule has 4 nitrogen and oxygen atoms in total. The van der Waals surface area contributed by atoms with Gasteiger partial charge in [0.05, 0.1) is 22.1 Å². The number of thiophene rings is 1. The molecule has 2 rings (SSSR count). The zero-order chi connectivity index (χ0) is 13.7. The van der Waals surface area contributed by atoms with Crippen LogP contribution in [0.3, 0.4) is 0 Å². The predicted molar refractivity (Wildman–Crippen MR) is 81.1 cm³/mol. The number of hydrogen-bond acceptors (Lipinski definition) is 4. The minimum absolute atomic E-state index is 0.0205. The Morgan fingerprint density at radius 2 is 2.21 bits per heavy atom. The Morgan fingerprint density at radius 1 is 1.37 bits per heavy atom. The summed E-state index contributed by atoms with van der Waals surface area (Å²) in [6.07, 6.45) is 2.69. The molecular weight excluding hydrogens is 326 g/mol. The Labute approximate surface area is 124 Å². The number of anilines is 1. The Morgan fingerprint density at radius 3 is 2.84 bits per heavy atom. The summed E-state index contributed by atoms with van der Waals surface area (Å²) in [5.74, 6) is -0.0205. The van der Waals surface area contributed by atoms with Crippen LogP contribution >= 0.6 is 27.3 Å². The van der Waals surface area contributed by atoms with E-state index < -0.39 is 0 Å². The smallest absolute Gasteiger partial charge is 0.226 e. The molecule has 6 heteroatoms. The number of hydrogen-bond donors (Lipinski definition) is 2. The highest BCUT2D eigenvalue weighted by atomic mass is 79.9. The van der Waals surface area contributed by atoms with Gasteiger partial charge in [-0.25, -0.2) is 0 Å². The molecular formula is C13H14BrN3OS. The van der Waals surface area contributed by atoms with Crippen molar-refractivity contribution < 1.29 is 4.79 Å². The summed E-state index contributed by atoms with van der Waals surface area (Å²) >= 11 is 5.10. The first-order chi connectivity index (χ1) is 9.13. The van der Waals surface area contributed by atoms with Gasteiger partial charge in [-0.3, -0.25) is 9.78 Å². The van der Waals surface area contributed by atoms with E-state index in [1.807, 2.05) is 6.07 Å². The van der Waals surface area contributed by atoms with Gasteiger partial charge in [-0.05, 0) is 46.6 Å². The number of nitrogens with two attached hydrogens (primary N) is 1. The number of nitrogens with one attached hydrogen (secondary N) is 1. The predicted octanol–water partition coefficient (Wildman–Crippen LogP) is 2.39. The molecule has 0 saturated heterocycles. The highest BCUT2D eigenvalue weighted by molar-refractivity contribution is 9.11. The van der Waals surface area contributed by atoms with E-state index in [1.165, 1.54) is 4.88 Å². The maximum atomic E-state index is 11.7. The summed E-state index contributed by atoms with van der Waals surface area (Å²) in [4.78, 5) is 17.1. The zero-order valence-electron chi connectivity index (χ0n) is 10.2. The first kappa shape index (κ1) is 14.0. The SMILES string of the molecule is Nc1ccc(CC(=O)NCCc2ccc(Br)s2)nc1. The Bertz CT molecular complexity index is 553. The van der Waals surface area contributed by atoms with Gasteiger partial charge in [0.25, 0.3) is 0 Å². The molecule has 0 aliphatic heterocycles. The van der Waals surface area contributed by atoms with E-state index in [4.69, 9.17) is 5.73 Å². The van der Waals surface area contributed by atoms with Crippen LogP contribution in [-0.4, -0.2) is 17.4 Å². The van der Waals surface area contributed by atoms with E-state index in [0.717, 1.165) is 15.9 Å². The number of carbonyl (C=O) groups excluding carboxylic acids is 1. The monoisotopic (exact) mass is 339 g/mol. The lowest BCUT2D eigenvalue weighted by molar-refractivity contribution is -0.120. The van der Waals surface area contributed by atoms with Gasteiger partial charge in [-0.15, -0.1) is 11.3 Å². The molecule has 0 aromatic carbocycles. The Hall–Kier alpha value is -1.40. The number of nitrogens with zero attached hydrogens (tertiary/aromatic N) is 1. The molecule has 0 bridgehead atoms. The van der Waals surface area contributed by atoms with Crippen LogP contribution in [0.5, 0.6) is 0 Å². The second-order valence-corrected chi connectivity index (χ2v) is 6.61. The van der Waals surface area contributed by atoms with Crippen LogP contribution in [0, 0.1) is 0 Å². The third-order valence-corrected chi connectivity index (χ3v) is 4.20. The highest BCUT2D eigenvalue weighted by Crippen LogP contribution is 2.21. The van der Waals surface area contributed by atoms with E-state index in [1.54, 1.807) is 29.7 Å². The normalized spacial score (nSPS) is 10.4. The van der Waals surface area contributed by atoms with Gasteiger partial charge >= 0.3 is 0 Å². The van der Waals surface area contributed by atoms with Crippen molar-refractivity contribution in [2.24, 2.45) is 0 Å². The molecule has 0 aliphatic rings.